The van der Waals surface area contributed by atoms with Crippen LogP contribution < -0.4 is 10.9 Å². The van der Waals surface area contributed by atoms with Crippen LogP contribution in [0.2, 0.25) is 5.02 Å². The number of aliphatic imine (C=N–C) groups is 1. The van der Waals surface area contributed by atoms with Gasteiger partial charge in [-0.3, -0.25) is 19.1 Å². The van der Waals surface area contributed by atoms with Crippen LogP contribution >= 0.6 is 11.6 Å². The van der Waals surface area contributed by atoms with Crippen LogP contribution in [0.1, 0.15) is 55.0 Å². The van der Waals surface area contributed by atoms with Crippen LogP contribution in [-0.4, -0.2) is 22.6 Å². The zero-order chi connectivity index (χ0) is 31.5. The average Bonchev–Trinajstić information content (AvgIpc) is 3.79. The number of aryl methyl sites for hydroxylation is 1. The first-order valence-electron chi connectivity index (χ1n) is 13.5. The molecule has 1 aliphatic rings. The largest absolute Gasteiger partial charge is 0.323 e. The number of benzene rings is 2. The number of hydrogen-bond acceptors (Lipinski definition) is 3. The number of carbonyl (C=O) groups is 1. The molecule has 4 rings (SSSR count). The number of pyridine rings is 1. The van der Waals surface area contributed by atoms with E-state index in [1.54, 1.807) is 32.0 Å². The normalized spacial score (nSPS) is 15.7. The van der Waals surface area contributed by atoms with Gasteiger partial charge in [-0.2, -0.15) is 0 Å². The van der Waals surface area contributed by atoms with E-state index in [4.69, 9.17) is 11.6 Å². The Labute approximate surface area is 250 Å². The van der Waals surface area contributed by atoms with Crippen LogP contribution in [-0.2, 0) is 11.2 Å². The Balaban J connectivity index is 1.68. The summed E-state index contributed by atoms with van der Waals surface area (Å²) in [6.45, 7) is 5.04. The minimum atomic E-state index is -2.91. The van der Waals surface area contributed by atoms with E-state index in [-0.39, 0.29) is 35.2 Å². The highest BCUT2D eigenvalue weighted by atomic mass is 35.5. The van der Waals surface area contributed by atoms with Crippen molar-refractivity contribution in [1.82, 2.24) is 4.57 Å². The molecule has 1 saturated carbocycles. The molecule has 1 aliphatic carbocycles. The number of alkyl halides is 2. The standard InChI is InChI=1S/C32H29ClF5N3O2/c1-4-14-39-28(22-6-5-7-25(27(22)36)40-31(43)32(12-13-32)30(37)38)24(35)17-41-19(3)16-23(26(33)29(41)42)18(2)15-20-8-10-21(34)11-9-20/h4-11,14,16-18,30H,12-13,15H2,1-3H3,(H,40,43)/b14-4+,24-17-,39-28+. The van der Waals surface area contributed by atoms with Crippen LogP contribution in [0.5, 0.6) is 0 Å². The summed E-state index contributed by atoms with van der Waals surface area (Å²) in [6.07, 6.45) is 1.04. The lowest BCUT2D eigenvalue weighted by atomic mass is 9.93. The fraction of sp³-hybridized carbons (Fsp3) is 0.281. The Bertz CT molecular complexity index is 1680. The molecule has 1 aromatic heterocycles. The second kappa shape index (κ2) is 13.1. The summed E-state index contributed by atoms with van der Waals surface area (Å²) in [5.74, 6) is -3.80. The lowest BCUT2D eigenvalue weighted by Gasteiger charge is -2.17. The third-order valence-corrected chi connectivity index (χ3v) is 7.75. The summed E-state index contributed by atoms with van der Waals surface area (Å²) >= 11 is 6.44. The number of hydrogen-bond donors (Lipinski definition) is 1. The van der Waals surface area contributed by atoms with Gasteiger partial charge in [0.15, 0.2) is 11.6 Å². The van der Waals surface area contributed by atoms with Crippen molar-refractivity contribution in [3.8, 4) is 0 Å². The van der Waals surface area contributed by atoms with E-state index in [0.717, 1.165) is 16.3 Å². The molecule has 2 aromatic carbocycles. The fourth-order valence-electron chi connectivity index (χ4n) is 4.67. The molecular formula is C32H29ClF5N3O2. The van der Waals surface area contributed by atoms with Crippen LogP contribution in [0.4, 0.5) is 27.6 Å². The molecule has 0 aliphatic heterocycles. The van der Waals surface area contributed by atoms with Crippen molar-refractivity contribution >= 4 is 35.1 Å². The predicted octanol–water partition coefficient (Wildman–Crippen LogP) is 8.21. The van der Waals surface area contributed by atoms with Gasteiger partial charge in [0.05, 0.1) is 11.9 Å². The molecular weight excluding hydrogens is 589 g/mol. The summed E-state index contributed by atoms with van der Waals surface area (Å²) in [7, 11) is 0. The molecule has 226 valence electrons. The highest BCUT2D eigenvalue weighted by Crippen LogP contribution is 2.51. The predicted molar refractivity (Wildman–Crippen MR) is 158 cm³/mol. The minimum absolute atomic E-state index is 0.0242. The van der Waals surface area contributed by atoms with Crippen LogP contribution in [0, 0.1) is 24.0 Å². The van der Waals surface area contributed by atoms with Crippen molar-refractivity contribution < 1.29 is 26.7 Å². The second-order valence-corrected chi connectivity index (χ2v) is 10.9. The highest BCUT2D eigenvalue weighted by molar-refractivity contribution is 6.31. The number of anilines is 1. The van der Waals surface area contributed by atoms with Crippen molar-refractivity contribution in [2.24, 2.45) is 10.4 Å². The van der Waals surface area contributed by atoms with Crippen LogP contribution in [0.25, 0.3) is 6.20 Å². The Morgan fingerprint density at radius 3 is 2.44 bits per heavy atom. The molecule has 1 N–H and O–H groups in total. The Hall–Kier alpha value is -4.05. The Kier molecular flexibility index (Phi) is 9.69. The van der Waals surface area contributed by atoms with Crippen molar-refractivity contribution in [2.45, 2.75) is 52.4 Å². The van der Waals surface area contributed by atoms with Crippen molar-refractivity contribution in [1.29, 1.82) is 0 Å². The number of amides is 1. The first kappa shape index (κ1) is 31.9. The number of carbonyl (C=O) groups excluding carboxylic acids is 1. The molecule has 0 saturated heterocycles. The third kappa shape index (κ3) is 6.80. The molecule has 43 heavy (non-hydrogen) atoms. The molecule has 1 heterocycles. The van der Waals surface area contributed by atoms with Gasteiger partial charge < -0.3 is 5.32 Å². The molecule has 11 heteroatoms. The number of allylic oxidation sites excluding steroid dienone is 2. The summed E-state index contributed by atoms with van der Waals surface area (Å²) in [6, 6.07) is 11.3. The highest BCUT2D eigenvalue weighted by Gasteiger charge is 2.57. The molecule has 1 fully saturated rings. The number of aromatic nitrogens is 1. The maximum absolute atomic E-state index is 15.8. The lowest BCUT2D eigenvalue weighted by Crippen LogP contribution is -2.30. The zero-order valence-corrected chi connectivity index (χ0v) is 24.4. The van der Waals surface area contributed by atoms with E-state index in [9.17, 15) is 22.8 Å². The Morgan fingerprint density at radius 2 is 1.84 bits per heavy atom. The number of halogens is 6. The average molecular weight is 618 g/mol. The van der Waals surface area contributed by atoms with Gasteiger partial charge in [-0.15, -0.1) is 0 Å². The van der Waals surface area contributed by atoms with E-state index in [2.05, 4.69) is 10.3 Å². The van der Waals surface area contributed by atoms with E-state index in [0.29, 0.717) is 17.7 Å². The van der Waals surface area contributed by atoms with Gasteiger partial charge in [0.2, 0.25) is 5.91 Å². The molecule has 1 unspecified atom stereocenters. The van der Waals surface area contributed by atoms with Gasteiger partial charge in [-0.25, -0.2) is 22.0 Å². The summed E-state index contributed by atoms with van der Waals surface area (Å²) in [5, 5.41) is 2.06. The molecule has 0 spiro atoms. The second-order valence-electron chi connectivity index (χ2n) is 10.5. The van der Waals surface area contributed by atoms with Gasteiger partial charge in [0.25, 0.3) is 12.0 Å². The summed E-state index contributed by atoms with van der Waals surface area (Å²) in [5.41, 5.74) is -2.17. The molecule has 0 radical (unpaired) electrons. The first-order valence-corrected chi connectivity index (χ1v) is 13.9. The van der Waals surface area contributed by atoms with Crippen molar-refractivity contribution in [2.75, 3.05) is 5.32 Å². The van der Waals surface area contributed by atoms with Gasteiger partial charge in [0, 0.05) is 17.5 Å². The van der Waals surface area contributed by atoms with E-state index >= 15 is 8.78 Å². The third-order valence-electron chi connectivity index (χ3n) is 7.37. The number of nitrogens with one attached hydrogen (secondary N) is 1. The lowest BCUT2D eigenvalue weighted by molar-refractivity contribution is -0.126. The fourth-order valence-corrected chi connectivity index (χ4v) is 5.00. The van der Waals surface area contributed by atoms with Crippen LogP contribution in [0.15, 0.2) is 76.4 Å². The van der Waals surface area contributed by atoms with Gasteiger partial charge >= 0.3 is 0 Å². The maximum Gasteiger partial charge on any atom is 0.273 e. The van der Waals surface area contributed by atoms with Gasteiger partial charge in [0.1, 0.15) is 22.0 Å². The molecule has 1 amide bonds. The molecule has 3 aromatic rings. The topological polar surface area (TPSA) is 63.5 Å². The molecule has 1 atom stereocenters. The van der Waals surface area contributed by atoms with E-state index in [1.165, 1.54) is 42.6 Å². The quantitative estimate of drug-likeness (QED) is 0.184. The van der Waals surface area contributed by atoms with E-state index < -0.39 is 46.4 Å². The SMILES string of the molecule is C/C=C/N=C(/C(F)=C/n1c(C)cc(C(C)Cc2ccc(F)cc2)c(Cl)c1=O)c1cccc(NC(=O)C2(C(F)F)CC2)c1F. The van der Waals surface area contributed by atoms with E-state index in [1.807, 2.05) is 6.92 Å². The Morgan fingerprint density at radius 1 is 1.16 bits per heavy atom. The smallest absolute Gasteiger partial charge is 0.273 e. The summed E-state index contributed by atoms with van der Waals surface area (Å²) in [4.78, 5) is 29.7. The minimum Gasteiger partial charge on any atom is -0.323 e. The first-order chi connectivity index (χ1) is 20.4. The molecule has 5 nitrogen and oxygen atoms in total. The van der Waals surface area contributed by atoms with Crippen molar-refractivity contribution in [3.05, 3.63) is 116 Å². The summed E-state index contributed by atoms with van der Waals surface area (Å²) < 4.78 is 72.4. The van der Waals surface area contributed by atoms with Crippen LogP contribution in [0.3, 0.4) is 0 Å². The van der Waals surface area contributed by atoms with Gasteiger partial charge in [-0.1, -0.05) is 42.8 Å². The molecule has 0 bridgehead atoms. The van der Waals surface area contributed by atoms with Gasteiger partial charge in [-0.05, 0) is 80.5 Å². The zero-order valence-electron chi connectivity index (χ0n) is 23.6. The number of rotatable bonds is 10. The van der Waals surface area contributed by atoms with Crippen molar-refractivity contribution in [3.63, 3.8) is 0 Å². The maximum atomic E-state index is 15.8. The monoisotopic (exact) mass is 617 g/mol. The number of nitrogens with zero attached hydrogens (tertiary/aromatic N) is 2.